The molecule has 1 aromatic heterocycles. The van der Waals surface area contributed by atoms with Gasteiger partial charge in [0.15, 0.2) is 0 Å². The van der Waals surface area contributed by atoms with E-state index in [1.807, 2.05) is 0 Å². The quantitative estimate of drug-likeness (QED) is 0.789. The molecule has 0 aliphatic rings. The van der Waals surface area contributed by atoms with Gasteiger partial charge in [-0.15, -0.1) is 0 Å². The molecule has 2 rings (SSSR count). The summed E-state index contributed by atoms with van der Waals surface area (Å²) in [6, 6.07) is 5.00. The molecule has 0 saturated carbocycles. The maximum atomic E-state index is 12.4. The summed E-state index contributed by atoms with van der Waals surface area (Å²) in [5.74, 6) is -1.02. The number of ether oxygens (including phenoxy) is 2. The van der Waals surface area contributed by atoms with Gasteiger partial charge in [-0.3, -0.25) is 0 Å². The van der Waals surface area contributed by atoms with E-state index in [4.69, 9.17) is 32.7 Å². The molecular formula is C17H17Cl2NO4. The zero-order chi connectivity index (χ0) is 17.9. The highest BCUT2D eigenvalue weighted by molar-refractivity contribution is 6.42. The molecule has 0 unspecified atom stereocenters. The van der Waals surface area contributed by atoms with Crippen molar-refractivity contribution in [3.63, 3.8) is 0 Å². The van der Waals surface area contributed by atoms with Crippen molar-refractivity contribution in [2.24, 2.45) is 0 Å². The van der Waals surface area contributed by atoms with Gasteiger partial charge in [0, 0.05) is 5.69 Å². The molecule has 0 fully saturated rings. The monoisotopic (exact) mass is 369 g/mol. The molecule has 0 bridgehead atoms. The number of benzene rings is 1. The molecule has 24 heavy (non-hydrogen) atoms. The molecular weight excluding hydrogens is 353 g/mol. The Morgan fingerprint density at radius 2 is 1.79 bits per heavy atom. The molecule has 5 nitrogen and oxygen atoms in total. The van der Waals surface area contributed by atoms with Gasteiger partial charge in [-0.05, 0) is 44.0 Å². The van der Waals surface area contributed by atoms with Crippen LogP contribution < -0.4 is 0 Å². The second-order valence-corrected chi connectivity index (χ2v) is 5.98. The van der Waals surface area contributed by atoms with E-state index in [0.29, 0.717) is 32.4 Å². The molecule has 7 heteroatoms. The number of aryl methyl sites for hydroxylation is 1. The van der Waals surface area contributed by atoms with Gasteiger partial charge in [-0.2, -0.15) is 0 Å². The van der Waals surface area contributed by atoms with Gasteiger partial charge in [0.2, 0.25) is 0 Å². The molecule has 0 spiro atoms. The minimum atomic E-state index is -0.525. The number of aromatic nitrogens is 1. The van der Waals surface area contributed by atoms with E-state index in [0.717, 1.165) is 0 Å². The predicted molar refractivity (Wildman–Crippen MR) is 91.8 cm³/mol. The summed E-state index contributed by atoms with van der Waals surface area (Å²) < 4.78 is 10.3. The summed E-state index contributed by atoms with van der Waals surface area (Å²) in [6.45, 7) is 5.40. The summed E-state index contributed by atoms with van der Waals surface area (Å²) in [7, 11) is 0. The van der Waals surface area contributed by atoms with Crippen molar-refractivity contribution in [2.75, 3.05) is 6.61 Å². The van der Waals surface area contributed by atoms with Crippen LogP contribution in [-0.4, -0.2) is 23.5 Å². The Morgan fingerprint density at radius 3 is 2.42 bits per heavy atom. The average Bonchev–Trinajstić information content (AvgIpc) is 2.83. The van der Waals surface area contributed by atoms with Gasteiger partial charge in [0.1, 0.15) is 12.3 Å². The maximum Gasteiger partial charge on any atom is 0.355 e. The number of rotatable bonds is 5. The molecule has 0 saturated heterocycles. The molecule has 0 radical (unpaired) electrons. The molecule has 1 N–H and O–H groups in total. The molecule has 0 amide bonds. The Labute approximate surface area is 149 Å². The highest BCUT2D eigenvalue weighted by atomic mass is 35.5. The number of esters is 2. The van der Waals surface area contributed by atoms with Crippen molar-refractivity contribution in [1.82, 2.24) is 4.98 Å². The van der Waals surface area contributed by atoms with Gasteiger partial charge in [0.05, 0.1) is 22.2 Å². The van der Waals surface area contributed by atoms with Crippen molar-refractivity contribution in [3.8, 4) is 0 Å². The number of H-pyrrole nitrogens is 1. The number of nitrogens with one attached hydrogen (secondary N) is 1. The summed E-state index contributed by atoms with van der Waals surface area (Å²) in [6.07, 6.45) is 0. The second-order valence-electron chi connectivity index (χ2n) is 5.17. The lowest BCUT2D eigenvalue weighted by Crippen LogP contribution is -2.09. The van der Waals surface area contributed by atoms with Crippen molar-refractivity contribution >= 4 is 35.1 Å². The lowest BCUT2D eigenvalue weighted by atomic mass is 10.1. The number of carbonyl (C=O) groups is 2. The summed E-state index contributed by atoms with van der Waals surface area (Å²) in [4.78, 5) is 27.1. The fraction of sp³-hybridized carbons (Fsp3) is 0.294. The Morgan fingerprint density at radius 1 is 1.08 bits per heavy atom. The van der Waals surface area contributed by atoms with E-state index in [1.165, 1.54) is 0 Å². The number of halogens is 2. The highest BCUT2D eigenvalue weighted by Crippen LogP contribution is 2.24. The smallest absolute Gasteiger partial charge is 0.355 e. The minimum Gasteiger partial charge on any atom is -0.461 e. The number of carbonyl (C=O) groups excluding carboxylic acids is 2. The van der Waals surface area contributed by atoms with Crippen LogP contribution in [0.4, 0.5) is 0 Å². The number of hydrogen-bond acceptors (Lipinski definition) is 4. The van der Waals surface area contributed by atoms with Crippen LogP contribution in [0.15, 0.2) is 18.2 Å². The van der Waals surface area contributed by atoms with Crippen molar-refractivity contribution < 1.29 is 19.1 Å². The van der Waals surface area contributed by atoms with E-state index in [1.54, 1.807) is 39.0 Å². The molecule has 0 aliphatic heterocycles. The first kappa shape index (κ1) is 18.4. The summed E-state index contributed by atoms with van der Waals surface area (Å²) in [5, 5.41) is 0.826. The van der Waals surface area contributed by atoms with Gasteiger partial charge in [-0.1, -0.05) is 29.3 Å². The standard InChI is InChI=1S/C17H17Cl2NO4/c1-4-23-17(22)15-9(2)14(10(3)20-15)16(21)24-8-11-5-6-12(18)13(19)7-11/h5-7,20H,4,8H2,1-3H3. The Kier molecular flexibility index (Phi) is 5.91. The van der Waals surface area contributed by atoms with Gasteiger partial charge < -0.3 is 14.5 Å². The van der Waals surface area contributed by atoms with E-state index >= 15 is 0 Å². The van der Waals surface area contributed by atoms with E-state index in [2.05, 4.69) is 4.98 Å². The Hall–Kier alpha value is -1.98. The van der Waals surface area contributed by atoms with Gasteiger partial charge >= 0.3 is 11.9 Å². The fourth-order valence-electron chi connectivity index (χ4n) is 2.31. The molecule has 1 heterocycles. The van der Waals surface area contributed by atoms with Crippen LogP contribution in [-0.2, 0) is 16.1 Å². The molecule has 1 aromatic carbocycles. The Balaban J connectivity index is 2.15. The third kappa shape index (κ3) is 3.91. The van der Waals surface area contributed by atoms with Gasteiger partial charge in [-0.25, -0.2) is 9.59 Å². The van der Waals surface area contributed by atoms with Crippen LogP contribution in [0.1, 0.15) is 44.6 Å². The average molecular weight is 370 g/mol. The number of hydrogen-bond donors (Lipinski definition) is 1. The van der Waals surface area contributed by atoms with E-state index in [-0.39, 0.29) is 18.9 Å². The molecule has 2 aromatic rings. The van der Waals surface area contributed by atoms with Crippen LogP contribution in [0.5, 0.6) is 0 Å². The first-order chi connectivity index (χ1) is 11.3. The Bertz CT molecular complexity index is 783. The fourth-order valence-corrected chi connectivity index (χ4v) is 2.63. The van der Waals surface area contributed by atoms with Crippen LogP contribution in [0.25, 0.3) is 0 Å². The largest absolute Gasteiger partial charge is 0.461 e. The third-order valence-electron chi connectivity index (χ3n) is 3.48. The maximum absolute atomic E-state index is 12.4. The van der Waals surface area contributed by atoms with Crippen LogP contribution in [0, 0.1) is 13.8 Å². The predicted octanol–water partition coefficient (Wildman–Crippen LogP) is 4.47. The lowest BCUT2D eigenvalue weighted by Gasteiger charge is -2.07. The molecule has 0 atom stereocenters. The third-order valence-corrected chi connectivity index (χ3v) is 4.21. The molecule has 128 valence electrons. The SMILES string of the molecule is CCOC(=O)c1[nH]c(C)c(C(=O)OCc2ccc(Cl)c(Cl)c2)c1C. The summed E-state index contributed by atoms with van der Waals surface area (Å²) >= 11 is 11.8. The normalized spacial score (nSPS) is 10.5. The molecule has 0 aliphatic carbocycles. The van der Waals surface area contributed by atoms with E-state index in [9.17, 15) is 9.59 Å². The summed E-state index contributed by atoms with van der Waals surface area (Å²) in [5.41, 5.74) is 2.36. The van der Waals surface area contributed by atoms with Crippen LogP contribution in [0.2, 0.25) is 10.0 Å². The van der Waals surface area contributed by atoms with Crippen molar-refractivity contribution in [1.29, 1.82) is 0 Å². The zero-order valence-corrected chi connectivity index (χ0v) is 15.0. The van der Waals surface area contributed by atoms with Crippen LogP contribution in [0.3, 0.4) is 0 Å². The number of aromatic amines is 1. The topological polar surface area (TPSA) is 68.4 Å². The zero-order valence-electron chi connectivity index (χ0n) is 13.5. The van der Waals surface area contributed by atoms with Crippen molar-refractivity contribution in [2.45, 2.75) is 27.4 Å². The first-order valence-electron chi connectivity index (χ1n) is 7.32. The second kappa shape index (κ2) is 7.73. The van der Waals surface area contributed by atoms with Crippen molar-refractivity contribution in [3.05, 3.63) is 56.3 Å². The van der Waals surface area contributed by atoms with Crippen LogP contribution >= 0.6 is 23.2 Å². The minimum absolute atomic E-state index is 0.0501. The van der Waals surface area contributed by atoms with Gasteiger partial charge in [0.25, 0.3) is 0 Å². The first-order valence-corrected chi connectivity index (χ1v) is 8.08. The highest BCUT2D eigenvalue weighted by Gasteiger charge is 2.23. The van der Waals surface area contributed by atoms with E-state index < -0.39 is 11.9 Å². The lowest BCUT2D eigenvalue weighted by molar-refractivity contribution is 0.0471.